The molecule has 1 saturated heterocycles. The first-order chi connectivity index (χ1) is 12.6. The molecule has 0 bridgehead atoms. The molecule has 1 N–H and O–H groups in total. The maximum Gasteiger partial charge on any atom is 0.273 e. The van der Waals surface area contributed by atoms with Crippen molar-refractivity contribution in [2.75, 3.05) is 18.1 Å². The number of benzene rings is 1. The molecule has 26 heavy (non-hydrogen) atoms. The maximum absolute atomic E-state index is 12.6. The Kier molecular flexibility index (Phi) is 5.75. The van der Waals surface area contributed by atoms with E-state index < -0.39 is 0 Å². The van der Waals surface area contributed by atoms with Gasteiger partial charge in [0.1, 0.15) is 6.61 Å². The van der Waals surface area contributed by atoms with Crippen LogP contribution >= 0.6 is 23.1 Å². The molecule has 1 aliphatic heterocycles. The van der Waals surface area contributed by atoms with Gasteiger partial charge in [-0.25, -0.2) is 9.88 Å². The first kappa shape index (κ1) is 18.2. The molecule has 1 fully saturated rings. The van der Waals surface area contributed by atoms with E-state index in [4.69, 9.17) is 14.9 Å². The van der Waals surface area contributed by atoms with Crippen molar-refractivity contribution in [2.45, 2.75) is 6.92 Å². The lowest BCUT2D eigenvalue weighted by molar-refractivity contribution is -0.113. The average Bonchev–Trinajstić information content (AvgIpc) is 3.23. The van der Waals surface area contributed by atoms with Gasteiger partial charge in [0.2, 0.25) is 0 Å². The molecule has 0 radical (unpaired) electrons. The predicted octanol–water partition coefficient (Wildman–Crippen LogP) is 4.16. The highest BCUT2D eigenvalue weighted by Crippen LogP contribution is 2.37. The highest BCUT2D eigenvalue weighted by Gasteiger charge is 2.35. The van der Waals surface area contributed by atoms with E-state index in [2.05, 4.69) is 11.6 Å². The van der Waals surface area contributed by atoms with Gasteiger partial charge in [-0.05, 0) is 42.5 Å². The number of hydrogen-bond acceptors (Lipinski definition) is 7. The number of hydrogen-bond donors (Lipinski definition) is 1. The summed E-state index contributed by atoms with van der Waals surface area (Å²) in [6.07, 6.45) is 5.02. The molecule has 0 aliphatic carbocycles. The van der Waals surface area contributed by atoms with Crippen molar-refractivity contribution in [2.24, 2.45) is 0 Å². The molecular formula is C18H17N3O3S2. The number of thiazole rings is 1. The normalized spacial score (nSPS) is 15.6. The molecule has 2 heterocycles. The largest absolute Gasteiger partial charge is 0.490 e. The highest BCUT2D eigenvalue weighted by atomic mass is 32.2. The highest BCUT2D eigenvalue weighted by molar-refractivity contribution is 8.19. The van der Waals surface area contributed by atoms with Crippen LogP contribution in [0.3, 0.4) is 0 Å². The summed E-state index contributed by atoms with van der Waals surface area (Å²) in [5.41, 5.74) is 0.795. The number of carbonyl (C=O) groups excluding carboxylic acids is 1. The van der Waals surface area contributed by atoms with Crippen molar-refractivity contribution in [3.63, 3.8) is 0 Å². The van der Waals surface area contributed by atoms with Gasteiger partial charge in [-0.2, -0.15) is 0 Å². The summed E-state index contributed by atoms with van der Waals surface area (Å²) >= 11 is 2.44. The zero-order valence-corrected chi connectivity index (χ0v) is 15.7. The van der Waals surface area contributed by atoms with Gasteiger partial charge in [0.05, 0.1) is 11.5 Å². The smallest absolute Gasteiger partial charge is 0.273 e. The number of thioether (sulfide) groups is 1. The molecule has 1 aliphatic rings. The average molecular weight is 387 g/mol. The third kappa shape index (κ3) is 3.81. The monoisotopic (exact) mass is 387 g/mol. The summed E-state index contributed by atoms with van der Waals surface area (Å²) in [5, 5.41) is 10.5. The summed E-state index contributed by atoms with van der Waals surface area (Å²) in [5.74, 6) is 0.974. The lowest BCUT2D eigenvalue weighted by Crippen LogP contribution is -2.27. The van der Waals surface area contributed by atoms with Crippen molar-refractivity contribution < 1.29 is 14.3 Å². The molecule has 1 amide bonds. The van der Waals surface area contributed by atoms with E-state index in [1.807, 2.05) is 19.1 Å². The van der Waals surface area contributed by atoms with E-state index in [0.717, 1.165) is 17.3 Å². The minimum atomic E-state index is -0.250. The van der Waals surface area contributed by atoms with Crippen molar-refractivity contribution in [3.8, 4) is 11.5 Å². The van der Waals surface area contributed by atoms with E-state index in [0.29, 0.717) is 34.7 Å². The molecular weight excluding hydrogens is 370 g/mol. The third-order valence-corrected chi connectivity index (χ3v) is 5.00. The van der Waals surface area contributed by atoms with Crippen LogP contribution < -0.4 is 14.4 Å². The summed E-state index contributed by atoms with van der Waals surface area (Å²) < 4.78 is 11.2. The van der Waals surface area contributed by atoms with Gasteiger partial charge in [0.25, 0.3) is 5.91 Å². The third-order valence-electron chi connectivity index (χ3n) is 3.36. The molecule has 0 unspecified atom stereocenters. The molecule has 6 nitrogen and oxygen atoms in total. The number of rotatable bonds is 7. The molecule has 1 aromatic heterocycles. The van der Waals surface area contributed by atoms with Crippen LogP contribution in [-0.4, -0.2) is 29.3 Å². The van der Waals surface area contributed by atoms with E-state index in [1.54, 1.807) is 29.8 Å². The number of carbonyl (C=O) groups is 1. The molecule has 0 atom stereocenters. The van der Waals surface area contributed by atoms with Crippen LogP contribution in [0.25, 0.3) is 6.08 Å². The zero-order chi connectivity index (χ0) is 18.5. The second kappa shape index (κ2) is 8.20. The topological polar surface area (TPSA) is 75.5 Å². The fourth-order valence-corrected chi connectivity index (χ4v) is 3.83. The fourth-order valence-electron chi connectivity index (χ4n) is 2.29. The number of ether oxygens (including phenoxy) is 2. The molecule has 3 rings (SSSR count). The number of nitrogens with one attached hydrogen (secondary N) is 1. The van der Waals surface area contributed by atoms with Gasteiger partial charge in [-0.3, -0.25) is 10.2 Å². The number of anilines is 1. The van der Waals surface area contributed by atoms with Crippen molar-refractivity contribution in [1.29, 1.82) is 5.41 Å². The lowest BCUT2D eigenvalue weighted by atomic mass is 10.2. The second-order valence-electron chi connectivity index (χ2n) is 5.11. The van der Waals surface area contributed by atoms with Crippen LogP contribution in [0.5, 0.6) is 11.5 Å². The Bertz CT molecular complexity index is 863. The van der Waals surface area contributed by atoms with Crippen molar-refractivity contribution in [1.82, 2.24) is 4.98 Å². The number of amidine groups is 1. The molecule has 0 saturated carbocycles. The number of aromatic nitrogens is 1. The Balaban J connectivity index is 1.87. The summed E-state index contributed by atoms with van der Waals surface area (Å²) in [6.45, 7) is 6.42. The zero-order valence-electron chi connectivity index (χ0n) is 14.1. The SMILES string of the molecule is C=CCOc1ccc(/C=C2/SC(=N)N(c3nccs3)C2=O)cc1OCC. The summed E-state index contributed by atoms with van der Waals surface area (Å²) in [4.78, 5) is 18.5. The fraction of sp³-hybridized carbons (Fsp3) is 0.167. The van der Waals surface area contributed by atoms with Crippen LogP contribution in [0, 0.1) is 5.41 Å². The second-order valence-corrected chi connectivity index (χ2v) is 7.01. The minimum Gasteiger partial charge on any atom is -0.490 e. The van der Waals surface area contributed by atoms with E-state index in [9.17, 15) is 4.79 Å². The molecule has 134 valence electrons. The standard InChI is InChI=1S/C18H17N3O3S2/c1-3-8-24-13-6-5-12(10-14(13)23-4-2)11-15-16(22)21(17(19)26-15)18-20-7-9-25-18/h3,5-7,9-11,19H,1,4,8H2,2H3/b15-11+,19-17?. The molecule has 1 aromatic carbocycles. The van der Waals surface area contributed by atoms with E-state index in [-0.39, 0.29) is 11.1 Å². The van der Waals surface area contributed by atoms with Gasteiger partial charge in [-0.1, -0.05) is 18.7 Å². The first-order valence-corrected chi connectivity index (χ1v) is 9.56. The Morgan fingerprint density at radius 2 is 2.19 bits per heavy atom. The lowest BCUT2D eigenvalue weighted by Gasteiger charge is -2.11. The van der Waals surface area contributed by atoms with Crippen LogP contribution in [-0.2, 0) is 4.79 Å². The Labute approximate surface area is 159 Å². The van der Waals surface area contributed by atoms with Crippen LogP contribution in [0.15, 0.2) is 47.3 Å². The van der Waals surface area contributed by atoms with Gasteiger partial charge in [0, 0.05) is 11.6 Å². The maximum atomic E-state index is 12.6. The summed E-state index contributed by atoms with van der Waals surface area (Å²) in [6, 6.07) is 5.46. The van der Waals surface area contributed by atoms with Gasteiger partial charge >= 0.3 is 0 Å². The van der Waals surface area contributed by atoms with Crippen molar-refractivity contribution in [3.05, 3.63) is 52.9 Å². The van der Waals surface area contributed by atoms with Gasteiger partial charge < -0.3 is 9.47 Å². The van der Waals surface area contributed by atoms with Gasteiger partial charge in [0.15, 0.2) is 21.8 Å². The molecule has 8 heteroatoms. The Morgan fingerprint density at radius 1 is 1.35 bits per heavy atom. The van der Waals surface area contributed by atoms with Crippen LogP contribution in [0.4, 0.5) is 5.13 Å². The molecule has 2 aromatic rings. The Morgan fingerprint density at radius 3 is 2.88 bits per heavy atom. The predicted molar refractivity (Wildman–Crippen MR) is 106 cm³/mol. The number of nitrogens with zero attached hydrogens (tertiary/aromatic N) is 2. The Hall–Kier alpha value is -2.58. The summed E-state index contributed by atoms with van der Waals surface area (Å²) in [7, 11) is 0. The van der Waals surface area contributed by atoms with E-state index in [1.165, 1.54) is 16.2 Å². The minimum absolute atomic E-state index is 0.146. The molecule has 0 spiro atoms. The first-order valence-electron chi connectivity index (χ1n) is 7.86. The van der Waals surface area contributed by atoms with E-state index >= 15 is 0 Å². The number of amides is 1. The van der Waals surface area contributed by atoms with Crippen LogP contribution in [0.1, 0.15) is 12.5 Å². The van der Waals surface area contributed by atoms with Crippen LogP contribution in [0.2, 0.25) is 0 Å². The quantitative estimate of drug-likeness (QED) is 0.570. The van der Waals surface area contributed by atoms with Gasteiger partial charge in [-0.15, -0.1) is 11.3 Å². The van der Waals surface area contributed by atoms with Crippen molar-refractivity contribution >= 4 is 45.4 Å².